The van der Waals surface area contributed by atoms with Crippen molar-refractivity contribution in [3.8, 4) is 0 Å². The van der Waals surface area contributed by atoms with Gasteiger partial charge in [0, 0.05) is 12.5 Å². The van der Waals surface area contributed by atoms with Gasteiger partial charge in [-0.1, -0.05) is 12.2 Å². The van der Waals surface area contributed by atoms with Crippen molar-refractivity contribution in [2.24, 2.45) is 23.7 Å². The minimum absolute atomic E-state index is 0.155. The zero-order valence-electron chi connectivity index (χ0n) is 15.5. The summed E-state index contributed by atoms with van der Waals surface area (Å²) >= 11 is 0. The predicted octanol–water partition coefficient (Wildman–Crippen LogP) is 3.39. The summed E-state index contributed by atoms with van der Waals surface area (Å²) in [5.74, 6) is 1.02. The maximum Gasteiger partial charge on any atom is 0.411 e. The SMILES string of the molecule is CC(C)(C)OC(=O)[C@@H]1[C@H]2C3C=CC(C3)[C@H]2CN1C(=O)OC(C)(C)C. The van der Waals surface area contributed by atoms with E-state index in [0.717, 1.165) is 6.42 Å². The molecular formula is C19H29NO4. The van der Waals surface area contributed by atoms with Crippen LogP contribution in [0, 0.1) is 23.7 Å². The molecule has 5 nitrogen and oxygen atoms in total. The number of amides is 1. The van der Waals surface area contributed by atoms with E-state index in [2.05, 4.69) is 12.2 Å². The summed E-state index contributed by atoms with van der Waals surface area (Å²) in [5.41, 5.74) is -1.15. The molecule has 0 aromatic carbocycles. The highest BCUT2D eigenvalue weighted by Gasteiger charge is 2.59. The van der Waals surface area contributed by atoms with Crippen LogP contribution in [0.2, 0.25) is 0 Å². The fraction of sp³-hybridized carbons (Fsp3) is 0.789. The first kappa shape index (κ1) is 17.3. The highest BCUT2D eigenvalue weighted by atomic mass is 16.6. The molecule has 0 radical (unpaired) electrons. The Hall–Kier alpha value is -1.52. The van der Waals surface area contributed by atoms with E-state index >= 15 is 0 Å². The summed E-state index contributed by atoms with van der Waals surface area (Å²) in [4.78, 5) is 27.2. The van der Waals surface area contributed by atoms with Crippen molar-refractivity contribution < 1.29 is 19.1 Å². The summed E-state index contributed by atoms with van der Waals surface area (Å²) in [6.07, 6.45) is 5.14. The summed E-state index contributed by atoms with van der Waals surface area (Å²) in [6, 6.07) is -0.538. The Balaban J connectivity index is 1.85. The van der Waals surface area contributed by atoms with Crippen LogP contribution in [-0.2, 0) is 14.3 Å². The second kappa shape index (κ2) is 5.50. The van der Waals surface area contributed by atoms with Gasteiger partial charge in [0.15, 0.2) is 0 Å². The van der Waals surface area contributed by atoms with Crippen LogP contribution in [-0.4, -0.2) is 40.8 Å². The maximum absolute atomic E-state index is 12.9. The Kier molecular flexibility index (Phi) is 3.97. The van der Waals surface area contributed by atoms with Gasteiger partial charge in [0.2, 0.25) is 0 Å². The second-order valence-electron chi connectivity index (χ2n) is 9.30. The third kappa shape index (κ3) is 3.17. The lowest BCUT2D eigenvalue weighted by molar-refractivity contribution is -0.162. The van der Waals surface area contributed by atoms with Gasteiger partial charge < -0.3 is 9.47 Å². The van der Waals surface area contributed by atoms with Crippen molar-refractivity contribution in [3.05, 3.63) is 12.2 Å². The van der Waals surface area contributed by atoms with Crippen LogP contribution in [0.1, 0.15) is 48.0 Å². The zero-order chi connectivity index (χ0) is 17.9. The molecule has 1 saturated heterocycles. The van der Waals surface area contributed by atoms with Gasteiger partial charge in [-0.05, 0) is 65.7 Å². The fourth-order valence-electron chi connectivity index (χ4n) is 4.39. The summed E-state index contributed by atoms with van der Waals surface area (Å²) < 4.78 is 11.2. The Morgan fingerprint density at radius 2 is 1.54 bits per heavy atom. The Morgan fingerprint density at radius 1 is 0.958 bits per heavy atom. The zero-order valence-corrected chi connectivity index (χ0v) is 15.5. The fourth-order valence-corrected chi connectivity index (χ4v) is 4.39. The van der Waals surface area contributed by atoms with Crippen LogP contribution in [0.25, 0.3) is 0 Å². The molecule has 24 heavy (non-hydrogen) atoms. The quantitative estimate of drug-likeness (QED) is 0.544. The number of allylic oxidation sites excluding steroid dienone is 2. The van der Waals surface area contributed by atoms with Crippen LogP contribution in [0.5, 0.6) is 0 Å². The molecule has 0 spiro atoms. The number of likely N-dealkylation sites (tertiary alicyclic amines) is 1. The first-order chi connectivity index (χ1) is 11.0. The van der Waals surface area contributed by atoms with E-state index in [9.17, 15) is 9.59 Å². The van der Waals surface area contributed by atoms with Gasteiger partial charge in [0.25, 0.3) is 0 Å². The van der Waals surface area contributed by atoms with Gasteiger partial charge in [-0.25, -0.2) is 9.59 Å². The molecule has 2 aliphatic carbocycles. The maximum atomic E-state index is 12.9. The van der Waals surface area contributed by atoms with E-state index in [0.29, 0.717) is 24.3 Å². The molecule has 1 aliphatic heterocycles. The highest BCUT2D eigenvalue weighted by Crippen LogP contribution is 2.54. The van der Waals surface area contributed by atoms with Crippen LogP contribution in [0.4, 0.5) is 4.79 Å². The molecule has 2 bridgehead atoms. The number of ether oxygens (including phenoxy) is 2. The molecule has 5 atom stereocenters. The van der Waals surface area contributed by atoms with Gasteiger partial charge in [0.1, 0.15) is 17.2 Å². The number of nitrogens with zero attached hydrogens (tertiary/aromatic N) is 1. The topological polar surface area (TPSA) is 55.8 Å². The molecular weight excluding hydrogens is 306 g/mol. The molecule has 5 heteroatoms. The van der Waals surface area contributed by atoms with E-state index in [-0.39, 0.29) is 11.9 Å². The summed E-state index contributed by atoms with van der Waals surface area (Å²) in [6.45, 7) is 11.7. The smallest absolute Gasteiger partial charge is 0.411 e. The van der Waals surface area contributed by atoms with Crippen molar-refractivity contribution >= 4 is 12.1 Å². The van der Waals surface area contributed by atoms with Crippen LogP contribution >= 0.6 is 0 Å². The lowest BCUT2D eigenvalue weighted by atomic mass is 9.82. The van der Waals surface area contributed by atoms with Gasteiger partial charge in [-0.15, -0.1) is 0 Å². The lowest BCUT2D eigenvalue weighted by Crippen LogP contribution is -2.48. The number of esters is 1. The molecule has 0 aromatic rings. The Morgan fingerprint density at radius 3 is 2.12 bits per heavy atom. The number of hydrogen-bond donors (Lipinski definition) is 0. The molecule has 3 aliphatic rings. The predicted molar refractivity (Wildman–Crippen MR) is 90.3 cm³/mol. The van der Waals surface area contributed by atoms with Crippen molar-refractivity contribution in [2.45, 2.75) is 65.2 Å². The monoisotopic (exact) mass is 335 g/mol. The van der Waals surface area contributed by atoms with E-state index in [1.54, 1.807) is 4.90 Å². The average molecular weight is 335 g/mol. The number of hydrogen-bond acceptors (Lipinski definition) is 4. The molecule has 3 rings (SSSR count). The second-order valence-corrected chi connectivity index (χ2v) is 9.30. The van der Waals surface area contributed by atoms with E-state index in [1.165, 1.54) is 0 Å². The first-order valence-electron chi connectivity index (χ1n) is 8.87. The van der Waals surface area contributed by atoms with Gasteiger partial charge in [0.05, 0.1) is 0 Å². The van der Waals surface area contributed by atoms with E-state index in [4.69, 9.17) is 9.47 Å². The minimum Gasteiger partial charge on any atom is -0.458 e. The van der Waals surface area contributed by atoms with Crippen LogP contribution in [0.3, 0.4) is 0 Å². The van der Waals surface area contributed by atoms with E-state index < -0.39 is 23.3 Å². The van der Waals surface area contributed by atoms with Gasteiger partial charge >= 0.3 is 12.1 Å². The molecule has 1 saturated carbocycles. The first-order valence-corrected chi connectivity index (χ1v) is 8.87. The number of carbonyl (C=O) groups is 2. The van der Waals surface area contributed by atoms with E-state index in [1.807, 2.05) is 41.5 Å². The molecule has 2 fully saturated rings. The minimum atomic E-state index is -0.579. The normalized spacial score (nSPS) is 34.4. The largest absolute Gasteiger partial charge is 0.458 e. The van der Waals surface area contributed by atoms with Crippen LogP contribution in [0.15, 0.2) is 12.2 Å². The van der Waals surface area contributed by atoms with Gasteiger partial charge in [-0.2, -0.15) is 0 Å². The van der Waals surface area contributed by atoms with Gasteiger partial charge in [-0.3, -0.25) is 4.90 Å². The van der Waals surface area contributed by atoms with Crippen molar-refractivity contribution in [1.82, 2.24) is 4.90 Å². The number of carbonyl (C=O) groups excluding carboxylic acids is 2. The average Bonchev–Trinajstić information content (AvgIpc) is 3.05. The Labute approximate surface area is 144 Å². The third-order valence-corrected chi connectivity index (χ3v) is 5.07. The van der Waals surface area contributed by atoms with Crippen molar-refractivity contribution in [1.29, 1.82) is 0 Å². The van der Waals surface area contributed by atoms with Crippen molar-refractivity contribution in [2.75, 3.05) is 6.54 Å². The van der Waals surface area contributed by atoms with Crippen LogP contribution < -0.4 is 0 Å². The molecule has 2 unspecified atom stereocenters. The molecule has 1 heterocycles. The number of fused-ring (bicyclic) bond motifs is 5. The number of rotatable bonds is 1. The highest BCUT2D eigenvalue weighted by molar-refractivity contribution is 5.83. The lowest BCUT2D eigenvalue weighted by Gasteiger charge is -2.32. The molecule has 0 aromatic heterocycles. The molecule has 0 N–H and O–H groups in total. The standard InChI is InChI=1S/C19H29NO4/c1-18(2,3)23-16(21)15-14-12-8-7-11(9-12)13(14)10-20(15)17(22)24-19(4,5)6/h7-8,11-15H,9-10H2,1-6H3/t11?,12?,13-,14+,15+/m1/s1. The summed E-state index contributed by atoms with van der Waals surface area (Å²) in [7, 11) is 0. The molecule has 1 amide bonds. The Bertz CT molecular complexity index is 569. The summed E-state index contributed by atoms with van der Waals surface area (Å²) in [5, 5.41) is 0. The molecule has 134 valence electrons. The third-order valence-electron chi connectivity index (χ3n) is 5.07. The van der Waals surface area contributed by atoms with Crippen molar-refractivity contribution in [3.63, 3.8) is 0 Å².